The van der Waals surface area contributed by atoms with Gasteiger partial charge >= 0.3 is 6.09 Å². The van der Waals surface area contributed by atoms with E-state index in [1.807, 2.05) is 37.0 Å². The number of thiophene rings is 1. The zero-order chi connectivity index (χ0) is 23.0. The summed E-state index contributed by atoms with van der Waals surface area (Å²) < 4.78 is 11.1. The average Bonchev–Trinajstić information content (AvgIpc) is 3.17. The van der Waals surface area contributed by atoms with E-state index in [0.29, 0.717) is 13.1 Å². The van der Waals surface area contributed by atoms with Crippen molar-refractivity contribution < 1.29 is 14.3 Å². The van der Waals surface area contributed by atoms with Gasteiger partial charge in [0.05, 0.1) is 25.1 Å². The highest BCUT2D eigenvalue weighted by Crippen LogP contribution is 2.40. The second-order valence-corrected chi connectivity index (χ2v) is 11.3. The molecule has 1 aliphatic carbocycles. The molecule has 5 rings (SSSR count). The maximum absolute atomic E-state index is 12.5. The molecule has 9 heteroatoms. The van der Waals surface area contributed by atoms with Crippen LogP contribution in [0.1, 0.15) is 49.9 Å². The second-order valence-electron chi connectivity index (χ2n) is 10.2. The molecule has 0 spiro atoms. The van der Waals surface area contributed by atoms with Gasteiger partial charge < -0.3 is 19.3 Å². The van der Waals surface area contributed by atoms with Crippen molar-refractivity contribution in [3.63, 3.8) is 0 Å². The quantitative estimate of drug-likeness (QED) is 0.676. The van der Waals surface area contributed by atoms with E-state index in [9.17, 15) is 4.79 Å². The molecule has 0 atom stereocenters. The lowest BCUT2D eigenvalue weighted by molar-refractivity contribution is 0.0240. The maximum Gasteiger partial charge on any atom is 0.410 e. The molecule has 0 N–H and O–H groups in total. The van der Waals surface area contributed by atoms with Gasteiger partial charge in [0.15, 0.2) is 0 Å². The molecule has 0 saturated carbocycles. The van der Waals surface area contributed by atoms with Gasteiger partial charge in [0.2, 0.25) is 0 Å². The van der Waals surface area contributed by atoms with Gasteiger partial charge in [-0.1, -0.05) is 0 Å². The van der Waals surface area contributed by atoms with Crippen LogP contribution in [0.3, 0.4) is 0 Å². The van der Waals surface area contributed by atoms with Crippen molar-refractivity contribution in [2.75, 3.05) is 57.4 Å². The predicted molar refractivity (Wildman–Crippen MR) is 130 cm³/mol. The number of hydrogen-bond acceptors (Lipinski definition) is 8. The number of aryl methyl sites for hydroxylation is 2. The number of hydrogen-bond donors (Lipinski definition) is 0. The molecule has 2 aromatic rings. The van der Waals surface area contributed by atoms with E-state index >= 15 is 0 Å². The molecule has 2 aliphatic heterocycles. The van der Waals surface area contributed by atoms with Gasteiger partial charge in [-0.05, 0) is 52.0 Å². The van der Waals surface area contributed by atoms with Crippen LogP contribution < -0.4 is 4.90 Å². The molecular formula is C24H35N5O3S. The molecular weight excluding hydrogens is 438 g/mol. The first-order chi connectivity index (χ1) is 15.9. The topological polar surface area (TPSA) is 71.0 Å². The van der Waals surface area contributed by atoms with E-state index in [-0.39, 0.29) is 6.09 Å². The third-order valence-corrected chi connectivity index (χ3v) is 7.73. The number of rotatable bonds is 3. The molecule has 3 aliphatic rings. The number of piperazine rings is 1. The number of fused-ring (bicyclic) bond motifs is 3. The van der Waals surface area contributed by atoms with Crippen LogP contribution in [0.15, 0.2) is 0 Å². The number of amides is 1. The molecule has 2 fully saturated rings. The fourth-order valence-corrected chi connectivity index (χ4v) is 6.14. The van der Waals surface area contributed by atoms with Crippen LogP contribution in [0.25, 0.3) is 10.2 Å². The lowest BCUT2D eigenvalue weighted by Crippen LogP contribution is -2.50. The highest BCUT2D eigenvalue weighted by molar-refractivity contribution is 7.19. The van der Waals surface area contributed by atoms with Gasteiger partial charge in [0, 0.05) is 44.1 Å². The summed E-state index contributed by atoms with van der Waals surface area (Å²) in [6, 6.07) is 0. The van der Waals surface area contributed by atoms with Gasteiger partial charge in [-0.15, -0.1) is 11.3 Å². The number of anilines is 1. The maximum atomic E-state index is 12.5. The van der Waals surface area contributed by atoms with Crippen LogP contribution in [0.2, 0.25) is 0 Å². The first kappa shape index (κ1) is 22.8. The molecule has 2 saturated heterocycles. The molecule has 0 bridgehead atoms. The zero-order valence-corrected chi connectivity index (χ0v) is 20.9. The average molecular weight is 474 g/mol. The monoisotopic (exact) mass is 473 g/mol. The van der Waals surface area contributed by atoms with Gasteiger partial charge in [0.1, 0.15) is 22.1 Å². The highest BCUT2D eigenvalue weighted by atomic mass is 32.1. The molecule has 33 heavy (non-hydrogen) atoms. The Bertz CT molecular complexity index is 1000. The second kappa shape index (κ2) is 9.35. The van der Waals surface area contributed by atoms with E-state index in [1.54, 1.807) is 0 Å². The van der Waals surface area contributed by atoms with Gasteiger partial charge in [-0.3, -0.25) is 4.90 Å². The first-order valence-electron chi connectivity index (χ1n) is 12.2. The fraction of sp³-hybridized carbons (Fsp3) is 0.708. The van der Waals surface area contributed by atoms with Crippen LogP contribution >= 0.6 is 11.3 Å². The third kappa shape index (κ3) is 5.10. The lowest BCUT2D eigenvalue weighted by atomic mass is 9.97. The number of carbonyl (C=O) groups excluding carboxylic acids is 1. The van der Waals surface area contributed by atoms with E-state index in [0.717, 1.165) is 75.3 Å². The van der Waals surface area contributed by atoms with Crippen molar-refractivity contribution in [3.8, 4) is 0 Å². The Labute approximate surface area is 199 Å². The largest absolute Gasteiger partial charge is 0.444 e. The fourth-order valence-electron chi connectivity index (χ4n) is 4.87. The molecule has 0 radical (unpaired) electrons. The van der Waals surface area contributed by atoms with Crippen molar-refractivity contribution in [2.45, 2.75) is 58.6 Å². The van der Waals surface area contributed by atoms with Crippen LogP contribution in [0.5, 0.6) is 0 Å². The Morgan fingerprint density at radius 1 is 1.03 bits per heavy atom. The van der Waals surface area contributed by atoms with Gasteiger partial charge in [-0.25, -0.2) is 14.8 Å². The summed E-state index contributed by atoms with van der Waals surface area (Å²) in [5.74, 6) is 1.96. The van der Waals surface area contributed by atoms with Crippen LogP contribution in [0, 0.1) is 0 Å². The van der Waals surface area contributed by atoms with Crippen molar-refractivity contribution in [2.24, 2.45) is 0 Å². The van der Waals surface area contributed by atoms with Crippen molar-refractivity contribution in [1.82, 2.24) is 19.8 Å². The summed E-state index contributed by atoms with van der Waals surface area (Å²) in [6.45, 7) is 12.7. The Morgan fingerprint density at radius 3 is 2.48 bits per heavy atom. The number of aromatic nitrogens is 2. The van der Waals surface area contributed by atoms with Crippen LogP contribution in [-0.2, 0) is 28.9 Å². The van der Waals surface area contributed by atoms with Crippen LogP contribution in [0.4, 0.5) is 10.6 Å². The summed E-state index contributed by atoms with van der Waals surface area (Å²) in [5.41, 5.74) is 0.987. The highest BCUT2D eigenvalue weighted by Gasteiger charge is 2.29. The number of ether oxygens (including phenoxy) is 2. The van der Waals surface area contributed by atoms with Gasteiger partial charge in [-0.2, -0.15) is 0 Å². The van der Waals surface area contributed by atoms with E-state index in [4.69, 9.17) is 19.4 Å². The Kier molecular flexibility index (Phi) is 6.46. The molecule has 180 valence electrons. The third-order valence-electron chi connectivity index (χ3n) is 6.54. The summed E-state index contributed by atoms with van der Waals surface area (Å²) in [4.78, 5) is 31.9. The normalized spacial score (nSPS) is 20.2. The van der Waals surface area contributed by atoms with Gasteiger partial charge in [0.25, 0.3) is 0 Å². The minimum Gasteiger partial charge on any atom is -0.444 e. The first-order valence-corrected chi connectivity index (χ1v) is 13.0. The predicted octanol–water partition coefficient (Wildman–Crippen LogP) is 3.46. The summed E-state index contributed by atoms with van der Waals surface area (Å²) in [6.07, 6.45) is 4.54. The summed E-state index contributed by atoms with van der Waals surface area (Å²) in [7, 11) is 0. The van der Waals surface area contributed by atoms with Crippen molar-refractivity contribution in [3.05, 3.63) is 16.3 Å². The smallest absolute Gasteiger partial charge is 0.410 e. The minimum atomic E-state index is -0.475. The Balaban J connectivity index is 1.41. The molecule has 2 aromatic heterocycles. The zero-order valence-electron chi connectivity index (χ0n) is 20.1. The van der Waals surface area contributed by atoms with Crippen LogP contribution in [-0.4, -0.2) is 83.9 Å². The summed E-state index contributed by atoms with van der Waals surface area (Å²) >= 11 is 1.86. The Morgan fingerprint density at radius 2 is 1.76 bits per heavy atom. The SMILES string of the molecule is CC(C)(C)OC(=O)N1CCN(c2nc(CN3CCOCC3)nc3sc4c(c23)CCCC4)CC1. The lowest BCUT2D eigenvalue weighted by Gasteiger charge is -2.36. The molecule has 1 amide bonds. The molecule has 8 nitrogen and oxygen atoms in total. The standard InChI is InChI=1S/C24H35N5O3S/c1-24(2,3)32-23(30)29-10-8-28(9-11-29)21-20-17-6-4-5-7-18(17)33-22(20)26-19(25-21)16-27-12-14-31-15-13-27/h4-16H2,1-3H3. The molecule has 4 heterocycles. The molecule has 0 aromatic carbocycles. The molecule has 0 unspecified atom stereocenters. The van der Waals surface area contributed by atoms with E-state index in [1.165, 1.54) is 28.7 Å². The van der Waals surface area contributed by atoms with E-state index in [2.05, 4.69) is 9.80 Å². The number of morpholine rings is 1. The van der Waals surface area contributed by atoms with E-state index < -0.39 is 5.60 Å². The summed E-state index contributed by atoms with van der Waals surface area (Å²) in [5, 5.41) is 1.26. The number of nitrogens with zero attached hydrogens (tertiary/aromatic N) is 5. The van der Waals surface area contributed by atoms with Crippen molar-refractivity contribution >= 4 is 33.5 Å². The number of carbonyl (C=O) groups is 1. The minimum absolute atomic E-state index is 0.226. The van der Waals surface area contributed by atoms with Crippen molar-refractivity contribution in [1.29, 1.82) is 0 Å². The Hall–Kier alpha value is -1.97.